The predicted molar refractivity (Wildman–Crippen MR) is 180 cm³/mol. The van der Waals surface area contributed by atoms with Crippen molar-refractivity contribution in [3.05, 3.63) is 146 Å². The van der Waals surface area contributed by atoms with Gasteiger partial charge in [0, 0.05) is 20.2 Å². The van der Waals surface area contributed by atoms with Gasteiger partial charge in [0.25, 0.3) is 0 Å². The second kappa shape index (κ2) is 8.76. The summed E-state index contributed by atoms with van der Waals surface area (Å²) in [6.07, 6.45) is 0. The Bertz CT molecular complexity index is 2460. The average Bonchev–Trinajstić information content (AvgIpc) is 3.39. The van der Waals surface area contributed by atoms with Gasteiger partial charge in [0.15, 0.2) is 0 Å². The van der Waals surface area contributed by atoms with Crippen molar-refractivity contribution >= 4 is 74.6 Å². The third kappa shape index (κ3) is 3.46. The van der Waals surface area contributed by atoms with Gasteiger partial charge in [-0.05, 0) is 95.7 Å². The van der Waals surface area contributed by atoms with Crippen LogP contribution in [0.25, 0.3) is 85.5 Å². The Balaban J connectivity index is 1.34. The predicted octanol–water partition coefficient (Wildman–Crippen LogP) is 12.0. The Morgan fingerprint density at radius 1 is 0.293 bits per heavy atom. The molecule has 1 heteroatoms. The molecule has 1 aromatic heterocycles. The van der Waals surface area contributed by atoms with Crippen molar-refractivity contribution in [3.63, 3.8) is 0 Å². The van der Waals surface area contributed by atoms with Crippen LogP contribution in [0, 0.1) is 0 Å². The Morgan fingerprint density at radius 2 is 0.829 bits per heavy atom. The molecule has 0 saturated heterocycles. The Morgan fingerprint density at radius 3 is 1.51 bits per heavy atom. The molecule has 9 aromatic rings. The second-order valence-electron chi connectivity index (χ2n) is 10.9. The fraction of sp³-hybridized carbons (Fsp3) is 0. The molecule has 0 radical (unpaired) electrons. The molecule has 0 nitrogen and oxygen atoms in total. The van der Waals surface area contributed by atoms with Crippen molar-refractivity contribution in [3.8, 4) is 22.3 Å². The van der Waals surface area contributed by atoms with E-state index in [0.717, 1.165) is 0 Å². The van der Waals surface area contributed by atoms with Crippen LogP contribution in [-0.4, -0.2) is 0 Å². The summed E-state index contributed by atoms with van der Waals surface area (Å²) in [4.78, 5) is 0. The van der Waals surface area contributed by atoms with Gasteiger partial charge in [-0.3, -0.25) is 0 Å². The van der Waals surface area contributed by atoms with Gasteiger partial charge in [-0.25, -0.2) is 0 Å². The van der Waals surface area contributed by atoms with E-state index < -0.39 is 0 Å². The van der Waals surface area contributed by atoms with Gasteiger partial charge in [0.1, 0.15) is 0 Å². The maximum Gasteiger partial charge on any atom is 0.0361 e. The zero-order valence-corrected chi connectivity index (χ0v) is 23.1. The monoisotopic (exact) mass is 536 g/mol. The molecule has 1 heterocycles. The molecular weight excluding hydrogens is 513 g/mol. The molecule has 9 rings (SSSR count). The van der Waals surface area contributed by atoms with Crippen LogP contribution in [0.4, 0.5) is 0 Å². The lowest BCUT2D eigenvalue weighted by molar-refractivity contribution is 1.67. The van der Waals surface area contributed by atoms with E-state index in [1.54, 1.807) is 0 Å². The minimum Gasteiger partial charge on any atom is -0.135 e. The van der Waals surface area contributed by atoms with Crippen LogP contribution in [0.2, 0.25) is 0 Å². The van der Waals surface area contributed by atoms with Crippen LogP contribution in [0.1, 0.15) is 0 Å². The molecule has 0 aliphatic rings. The lowest BCUT2D eigenvalue weighted by atomic mass is 9.87. The van der Waals surface area contributed by atoms with Crippen LogP contribution in [-0.2, 0) is 0 Å². The van der Waals surface area contributed by atoms with E-state index in [-0.39, 0.29) is 0 Å². The lowest BCUT2D eigenvalue weighted by Gasteiger charge is -2.16. The van der Waals surface area contributed by atoms with E-state index in [9.17, 15) is 0 Å². The van der Waals surface area contributed by atoms with Gasteiger partial charge < -0.3 is 0 Å². The standard InChI is InChI=1S/C40H24S/c1-2-10-25(11-3-1)34-23-36-32-17-9-7-15-30(32)35(24-37(36)31-16-8-6-14-29(31)34)28-18-19-33-38-20-26-12-4-5-13-27(26)21-40(38)41-39(33)22-28/h1-24H. The molecule has 0 spiro atoms. The largest absolute Gasteiger partial charge is 0.135 e. The molecule has 0 saturated carbocycles. The zero-order chi connectivity index (χ0) is 26.9. The molecule has 41 heavy (non-hydrogen) atoms. The number of benzene rings is 8. The highest BCUT2D eigenvalue weighted by Gasteiger charge is 2.15. The molecule has 0 bridgehead atoms. The highest BCUT2D eigenvalue weighted by Crippen LogP contribution is 2.43. The van der Waals surface area contributed by atoms with Crippen molar-refractivity contribution in [1.29, 1.82) is 0 Å². The molecule has 0 N–H and O–H groups in total. The molecule has 0 fully saturated rings. The first-order chi connectivity index (χ1) is 20.3. The summed E-state index contributed by atoms with van der Waals surface area (Å²) < 4.78 is 2.68. The fourth-order valence-electron chi connectivity index (χ4n) is 6.68. The highest BCUT2D eigenvalue weighted by molar-refractivity contribution is 7.25. The number of thiophene rings is 1. The van der Waals surface area contributed by atoms with E-state index in [1.165, 1.54) is 85.5 Å². The van der Waals surface area contributed by atoms with E-state index >= 15 is 0 Å². The van der Waals surface area contributed by atoms with E-state index in [4.69, 9.17) is 0 Å². The van der Waals surface area contributed by atoms with Crippen molar-refractivity contribution in [2.45, 2.75) is 0 Å². The topological polar surface area (TPSA) is 0 Å². The number of hydrogen-bond acceptors (Lipinski definition) is 1. The summed E-state index contributed by atoms with van der Waals surface area (Å²) in [6.45, 7) is 0. The minimum absolute atomic E-state index is 1.25. The Hall–Kier alpha value is -4.98. The molecular formula is C40H24S. The smallest absolute Gasteiger partial charge is 0.0361 e. The number of fused-ring (bicyclic) bond motifs is 9. The van der Waals surface area contributed by atoms with Crippen molar-refractivity contribution in [2.24, 2.45) is 0 Å². The quantitative estimate of drug-likeness (QED) is 0.193. The minimum atomic E-state index is 1.25. The van der Waals surface area contributed by atoms with E-state index in [2.05, 4.69) is 146 Å². The molecule has 0 aliphatic heterocycles. The fourth-order valence-corrected chi connectivity index (χ4v) is 7.85. The van der Waals surface area contributed by atoms with Crippen LogP contribution in [0.5, 0.6) is 0 Å². The maximum atomic E-state index is 2.43. The molecule has 190 valence electrons. The van der Waals surface area contributed by atoms with Crippen LogP contribution < -0.4 is 0 Å². The van der Waals surface area contributed by atoms with Crippen molar-refractivity contribution in [1.82, 2.24) is 0 Å². The first kappa shape index (κ1) is 22.8. The maximum absolute atomic E-state index is 2.43. The first-order valence-corrected chi connectivity index (χ1v) is 14.9. The zero-order valence-electron chi connectivity index (χ0n) is 22.3. The van der Waals surface area contributed by atoms with Gasteiger partial charge in [-0.15, -0.1) is 11.3 Å². The summed E-state index contributed by atoms with van der Waals surface area (Å²) in [7, 11) is 0. The van der Waals surface area contributed by atoms with Gasteiger partial charge in [-0.1, -0.05) is 115 Å². The third-order valence-electron chi connectivity index (χ3n) is 8.62. The van der Waals surface area contributed by atoms with Gasteiger partial charge >= 0.3 is 0 Å². The van der Waals surface area contributed by atoms with Gasteiger partial charge in [0.05, 0.1) is 0 Å². The molecule has 0 atom stereocenters. The molecule has 0 aliphatic carbocycles. The summed E-state index contributed by atoms with van der Waals surface area (Å²) >= 11 is 1.90. The highest BCUT2D eigenvalue weighted by atomic mass is 32.1. The SMILES string of the molecule is c1ccc(-c2cc3c4ccccc4c(-c4ccc5c(c4)sc4cc6ccccc6cc45)cc3c3ccccc23)cc1. The summed E-state index contributed by atoms with van der Waals surface area (Å²) in [6, 6.07) is 53.8. The third-order valence-corrected chi connectivity index (χ3v) is 9.73. The molecule has 8 aromatic carbocycles. The Labute approximate surface area is 241 Å². The van der Waals surface area contributed by atoms with Gasteiger partial charge in [0.2, 0.25) is 0 Å². The molecule has 0 unspecified atom stereocenters. The second-order valence-corrected chi connectivity index (χ2v) is 12.0. The van der Waals surface area contributed by atoms with Crippen LogP contribution in [0.3, 0.4) is 0 Å². The molecule has 0 amide bonds. The van der Waals surface area contributed by atoms with Crippen LogP contribution >= 0.6 is 11.3 Å². The van der Waals surface area contributed by atoms with E-state index in [1.807, 2.05) is 11.3 Å². The lowest BCUT2D eigenvalue weighted by Crippen LogP contribution is -1.89. The van der Waals surface area contributed by atoms with Crippen LogP contribution in [0.15, 0.2) is 146 Å². The first-order valence-electron chi connectivity index (χ1n) is 14.1. The normalized spacial score (nSPS) is 11.9. The summed E-state index contributed by atoms with van der Waals surface area (Å²) in [5.74, 6) is 0. The van der Waals surface area contributed by atoms with Crippen molar-refractivity contribution < 1.29 is 0 Å². The Kier molecular flexibility index (Phi) is 4.87. The van der Waals surface area contributed by atoms with Crippen molar-refractivity contribution in [2.75, 3.05) is 0 Å². The van der Waals surface area contributed by atoms with E-state index in [0.29, 0.717) is 0 Å². The van der Waals surface area contributed by atoms with Gasteiger partial charge in [-0.2, -0.15) is 0 Å². The number of hydrogen-bond donors (Lipinski definition) is 0. The number of rotatable bonds is 2. The summed E-state index contributed by atoms with van der Waals surface area (Å²) in [5.41, 5.74) is 5.09. The summed E-state index contributed by atoms with van der Waals surface area (Å²) in [5, 5.41) is 13.1. The average molecular weight is 537 g/mol.